The van der Waals surface area contributed by atoms with Crippen molar-refractivity contribution in [1.82, 2.24) is 19.7 Å². The van der Waals surface area contributed by atoms with Gasteiger partial charge in [0, 0.05) is 54.5 Å². The van der Waals surface area contributed by atoms with Gasteiger partial charge < -0.3 is 19.4 Å². The van der Waals surface area contributed by atoms with Gasteiger partial charge in [0.05, 0.1) is 24.1 Å². The predicted octanol–water partition coefficient (Wildman–Crippen LogP) is 4.37. The summed E-state index contributed by atoms with van der Waals surface area (Å²) in [5.74, 6) is 1.10. The van der Waals surface area contributed by atoms with Crippen molar-refractivity contribution in [2.75, 3.05) is 49.7 Å². The number of aromatic nitrogens is 3. The number of fused-ring (bicyclic) bond motifs is 1. The predicted molar refractivity (Wildman–Crippen MR) is 154 cm³/mol. The summed E-state index contributed by atoms with van der Waals surface area (Å²) in [7, 11) is 2.17. The number of hydrogen-bond acceptors (Lipinski definition) is 7. The molecule has 0 radical (unpaired) electrons. The first-order chi connectivity index (χ1) is 19.3. The van der Waals surface area contributed by atoms with E-state index in [2.05, 4.69) is 21.9 Å². The zero-order valence-corrected chi connectivity index (χ0v) is 23.8. The van der Waals surface area contributed by atoms with Crippen molar-refractivity contribution < 1.29 is 14.3 Å². The highest BCUT2D eigenvalue weighted by Gasteiger charge is 2.38. The summed E-state index contributed by atoms with van der Waals surface area (Å²) in [5, 5.41) is 5.19. The Hall–Kier alpha value is -3.27. The molecule has 10 heteroatoms. The molecule has 1 aromatic carbocycles. The molecule has 40 heavy (non-hydrogen) atoms. The van der Waals surface area contributed by atoms with E-state index >= 15 is 0 Å². The van der Waals surface area contributed by atoms with Crippen LogP contribution in [0.15, 0.2) is 48.8 Å². The molecule has 210 valence electrons. The normalized spacial score (nSPS) is 20.4. The van der Waals surface area contributed by atoms with Crippen molar-refractivity contribution in [3.05, 3.63) is 65.1 Å². The Bertz CT molecular complexity index is 1380. The van der Waals surface area contributed by atoms with Crippen molar-refractivity contribution in [3.8, 4) is 5.69 Å². The Morgan fingerprint density at radius 2 is 1.90 bits per heavy atom. The Balaban J connectivity index is 1.05. The quantitative estimate of drug-likeness (QED) is 0.403. The molecule has 0 N–H and O–H groups in total. The third-order valence-corrected chi connectivity index (χ3v) is 9.20. The second-order valence-corrected chi connectivity index (χ2v) is 11.7. The van der Waals surface area contributed by atoms with Gasteiger partial charge in [0.15, 0.2) is 5.69 Å². The number of Topliss-reactive ketones (excluding diaryl/α,β-unsaturated/α-hetero) is 1. The van der Waals surface area contributed by atoms with E-state index in [4.69, 9.17) is 21.3 Å². The SMILES string of the molecule is CC(=O)C1(CCN(C)C2CCN(c3ccc(N4Cc5cn(-c6ccc(Cl)cc6)nc5C4=O)cn3)C2)CCOCC1. The number of nitrogens with zero attached hydrogens (tertiary/aromatic N) is 6. The third-order valence-electron chi connectivity index (χ3n) is 8.95. The first-order valence-corrected chi connectivity index (χ1v) is 14.4. The van der Waals surface area contributed by atoms with Gasteiger partial charge in [0.2, 0.25) is 0 Å². The van der Waals surface area contributed by atoms with E-state index in [1.807, 2.05) is 42.6 Å². The molecule has 1 unspecified atom stereocenters. The van der Waals surface area contributed by atoms with E-state index in [0.717, 1.165) is 68.1 Å². The number of ketones is 1. The van der Waals surface area contributed by atoms with Gasteiger partial charge in [-0.3, -0.25) is 9.59 Å². The summed E-state index contributed by atoms with van der Waals surface area (Å²) < 4.78 is 7.24. The topological polar surface area (TPSA) is 83.8 Å². The Labute approximate surface area is 239 Å². The van der Waals surface area contributed by atoms with Gasteiger partial charge in [-0.05, 0) is 82.6 Å². The van der Waals surface area contributed by atoms with Crippen molar-refractivity contribution in [3.63, 3.8) is 0 Å². The molecule has 2 fully saturated rings. The highest BCUT2D eigenvalue weighted by atomic mass is 35.5. The lowest BCUT2D eigenvalue weighted by Crippen LogP contribution is -2.41. The molecular formula is C30H35ClN6O3. The molecule has 0 aliphatic carbocycles. The van der Waals surface area contributed by atoms with Crippen LogP contribution in [-0.2, 0) is 16.1 Å². The van der Waals surface area contributed by atoms with Crippen LogP contribution in [0.25, 0.3) is 5.69 Å². The lowest BCUT2D eigenvalue weighted by Gasteiger charge is -2.37. The second kappa shape index (κ2) is 11.0. The van der Waals surface area contributed by atoms with Crippen LogP contribution in [0, 0.1) is 5.41 Å². The maximum Gasteiger partial charge on any atom is 0.279 e. The molecule has 2 aromatic heterocycles. The van der Waals surface area contributed by atoms with Crippen LogP contribution in [0.1, 0.15) is 48.7 Å². The third kappa shape index (κ3) is 5.13. The van der Waals surface area contributed by atoms with Gasteiger partial charge in [-0.1, -0.05) is 11.6 Å². The van der Waals surface area contributed by atoms with Crippen molar-refractivity contribution in [1.29, 1.82) is 0 Å². The van der Waals surface area contributed by atoms with Crippen LogP contribution in [0.3, 0.4) is 0 Å². The number of likely N-dealkylation sites (N-methyl/N-ethyl adjacent to an activating group) is 1. The first kappa shape index (κ1) is 26.9. The maximum atomic E-state index is 13.2. The lowest BCUT2D eigenvalue weighted by atomic mass is 9.74. The summed E-state index contributed by atoms with van der Waals surface area (Å²) in [6, 6.07) is 11.8. The van der Waals surface area contributed by atoms with Crippen LogP contribution in [0.5, 0.6) is 0 Å². The number of ether oxygens (including phenoxy) is 1. The van der Waals surface area contributed by atoms with Gasteiger partial charge in [-0.2, -0.15) is 5.10 Å². The first-order valence-electron chi connectivity index (χ1n) is 14.0. The molecule has 6 rings (SSSR count). The molecule has 0 spiro atoms. The largest absolute Gasteiger partial charge is 0.381 e. The molecule has 3 aliphatic heterocycles. The molecule has 9 nitrogen and oxygen atoms in total. The van der Waals surface area contributed by atoms with Crippen LogP contribution in [0.2, 0.25) is 5.02 Å². The molecule has 1 atom stereocenters. The number of pyridine rings is 1. The average Bonchev–Trinajstić information content (AvgIpc) is 3.70. The molecule has 5 heterocycles. The number of benzene rings is 1. The van der Waals surface area contributed by atoms with Crippen LogP contribution in [-0.4, -0.2) is 77.3 Å². The van der Waals surface area contributed by atoms with Gasteiger partial charge >= 0.3 is 0 Å². The molecule has 0 bridgehead atoms. The number of carbonyl (C=O) groups is 2. The van der Waals surface area contributed by atoms with E-state index < -0.39 is 0 Å². The fraction of sp³-hybridized carbons (Fsp3) is 0.467. The van der Waals surface area contributed by atoms with Crippen molar-refractivity contribution >= 4 is 34.8 Å². The van der Waals surface area contributed by atoms with Gasteiger partial charge in [0.1, 0.15) is 11.6 Å². The van der Waals surface area contributed by atoms with E-state index in [9.17, 15) is 9.59 Å². The number of rotatable bonds is 8. The smallest absolute Gasteiger partial charge is 0.279 e. The average molecular weight is 563 g/mol. The van der Waals surface area contributed by atoms with E-state index in [0.29, 0.717) is 42.3 Å². The van der Waals surface area contributed by atoms with Crippen molar-refractivity contribution in [2.45, 2.75) is 45.2 Å². The molecule has 0 saturated carbocycles. The van der Waals surface area contributed by atoms with Crippen molar-refractivity contribution in [2.24, 2.45) is 5.41 Å². The fourth-order valence-corrected chi connectivity index (χ4v) is 6.28. The highest BCUT2D eigenvalue weighted by Crippen LogP contribution is 2.36. The minimum Gasteiger partial charge on any atom is -0.381 e. The number of amides is 1. The fourth-order valence-electron chi connectivity index (χ4n) is 6.16. The minimum absolute atomic E-state index is 0.118. The summed E-state index contributed by atoms with van der Waals surface area (Å²) >= 11 is 6.00. The summed E-state index contributed by atoms with van der Waals surface area (Å²) in [5.41, 5.74) is 2.76. The number of halogens is 1. The highest BCUT2D eigenvalue weighted by molar-refractivity contribution is 6.30. The number of carbonyl (C=O) groups excluding carboxylic acids is 2. The summed E-state index contributed by atoms with van der Waals surface area (Å²) in [4.78, 5) is 36.7. The minimum atomic E-state index is -0.233. The van der Waals surface area contributed by atoms with E-state index in [-0.39, 0.29) is 11.3 Å². The zero-order valence-electron chi connectivity index (χ0n) is 23.1. The van der Waals surface area contributed by atoms with E-state index in [1.54, 1.807) is 22.7 Å². The van der Waals surface area contributed by atoms with Crippen LogP contribution in [0.4, 0.5) is 11.5 Å². The van der Waals surface area contributed by atoms with Gasteiger partial charge in [0.25, 0.3) is 5.91 Å². The second-order valence-electron chi connectivity index (χ2n) is 11.3. The Kier molecular flexibility index (Phi) is 7.37. The monoisotopic (exact) mass is 562 g/mol. The van der Waals surface area contributed by atoms with E-state index in [1.165, 1.54) is 0 Å². The number of hydrogen-bond donors (Lipinski definition) is 0. The molecular weight excluding hydrogens is 528 g/mol. The summed E-state index contributed by atoms with van der Waals surface area (Å²) in [6.07, 6.45) is 7.28. The van der Waals surface area contributed by atoms with Gasteiger partial charge in [-0.15, -0.1) is 0 Å². The molecule has 1 amide bonds. The Morgan fingerprint density at radius 1 is 1.15 bits per heavy atom. The molecule has 3 aromatic rings. The molecule has 2 saturated heterocycles. The standard InChI is InChI=1S/C30H35ClN6O3/c1-21(38)30(11-15-40-16-12-30)10-14-34(2)26-9-13-35(20-26)27-8-7-25(17-32-27)36-18-22-19-37(33-28(22)29(36)39)24-5-3-23(31)4-6-24/h3-8,17,19,26H,9-16,18,20H2,1-2H3. The Morgan fingerprint density at radius 3 is 2.58 bits per heavy atom. The zero-order chi connectivity index (χ0) is 27.9. The summed E-state index contributed by atoms with van der Waals surface area (Å²) in [6.45, 7) is 6.29. The van der Waals surface area contributed by atoms with Gasteiger partial charge in [-0.25, -0.2) is 9.67 Å². The number of anilines is 2. The molecule has 3 aliphatic rings. The van der Waals surface area contributed by atoms with Crippen LogP contribution >= 0.6 is 11.6 Å². The lowest BCUT2D eigenvalue weighted by molar-refractivity contribution is -0.133. The van der Waals surface area contributed by atoms with Crippen LogP contribution < -0.4 is 9.80 Å². The maximum absolute atomic E-state index is 13.2.